The van der Waals surface area contributed by atoms with Crippen LogP contribution in [0.3, 0.4) is 0 Å². The molecule has 9 aromatic rings. The van der Waals surface area contributed by atoms with Crippen molar-refractivity contribution in [2.24, 2.45) is 0 Å². The van der Waals surface area contributed by atoms with E-state index in [1.165, 1.54) is 61.0 Å². The van der Waals surface area contributed by atoms with Crippen molar-refractivity contribution in [2.75, 3.05) is 4.90 Å². The highest BCUT2D eigenvalue weighted by atomic mass is 16.5. The van der Waals surface area contributed by atoms with Crippen molar-refractivity contribution < 1.29 is 14.0 Å². The maximum absolute atomic E-state index is 6.70. The lowest BCUT2D eigenvalue weighted by Crippen LogP contribution is -2.77. The summed E-state index contributed by atoms with van der Waals surface area (Å²) in [4.78, 5) is 2.41. The van der Waals surface area contributed by atoms with Gasteiger partial charge in [-0.25, -0.2) is 0 Å². The third kappa shape index (κ3) is 2.91. The summed E-state index contributed by atoms with van der Waals surface area (Å²) < 4.78 is 16.5. The number of rotatable bonds is 2. The molecule has 1 atom stereocenters. The summed E-state index contributed by atoms with van der Waals surface area (Å²) in [5, 5.41) is 2.52. The summed E-state index contributed by atoms with van der Waals surface area (Å²) in [6, 6.07) is 52.4. The van der Waals surface area contributed by atoms with E-state index in [1.807, 2.05) is 6.07 Å². The zero-order chi connectivity index (χ0) is 33.0. The lowest BCUT2D eigenvalue weighted by Gasteiger charge is -2.39. The fourth-order valence-corrected chi connectivity index (χ4v) is 9.53. The van der Waals surface area contributed by atoms with Crippen LogP contribution in [-0.2, 0) is 5.66 Å². The van der Waals surface area contributed by atoms with Crippen molar-refractivity contribution >= 4 is 39.0 Å². The Morgan fingerprint density at radius 2 is 1.24 bits per heavy atom. The standard InChI is InChI=1S/C45H27N5O/c1-2-10-28(11-3-1)29-19-21-30(22-20-29)31-26-47-36-24-23-33-32-12-4-5-13-34(32)49-37-15-8-16-38-41(37)45(48(47)27-31,42(36)43(33)49)46-25-9-18-40-44(46)50(38)35-14-6-7-17-39(35)51-40/h1-27H/q+2. The minimum Gasteiger partial charge on any atom is -0.444 e. The number of aromatic nitrogens is 4. The molecule has 1 spiro atoms. The van der Waals surface area contributed by atoms with E-state index in [-0.39, 0.29) is 0 Å². The second-order valence-corrected chi connectivity index (χ2v) is 13.9. The third-order valence-corrected chi connectivity index (χ3v) is 11.5. The van der Waals surface area contributed by atoms with Gasteiger partial charge in [0.05, 0.1) is 34.7 Å². The molecule has 6 aromatic carbocycles. The highest BCUT2D eigenvalue weighted by molar-refractivity contribution is 6.13. The smallest absolute Gasteiger partial charge is 0.394 e. The number of nitrogens with zero attached hydrogens (tertiary/aromatic N) is 5. The largest absolute Gasteiger partial charge is 0.444 e. The van der Waals surface area contributed by atoms with E-state index in [9.17, 15) is 0 Å². The van der Waals surface area contributed by atoms with Gasteiger partial charge in [0.2, 0.25) is 11.9 Å². The number of anilines is 3. The van der Waals surface area contributed by atoms with E-state index in [4.69, 9.17) is 4.74 Å². The zero-order valence-electron chi connectivity index (χ0n) is 27.2. The molecule has 0 saturated heterocycles. The molecule has 1 unspecified atom stereocenters. The number of hydrogen-bond acceptors (Lipinski definition) is 2. The van der Waals surface area contributed by atoms with Crippen LogP contribution in [0.4, 0.5) is 17.2 Å². The maximum atomic E-state index is 6.70. The van der Waals surface area contributed by atoms with E-state index in [1.54, 1.807) is 0 Å². The summed E-state index contributed by atoms with van der Waals surface area (Å²) in [5.74, 6) is 2.71. The molecule has 4 aliphatic heterocycles. The monoisotopic (exact) mass is 653 g/mol. The molecule has 4 aliphatic rings. The number of benzene rings is 6. The Balaban J connectivity index is 1.17. The van der Waals surface area contributed by atoms with Crippen LogP contribution in [-0.4, -0.2) is 9.25 Å². The normalized spacial score (nSPS) is 16.4. The van der Waals surface area contributed by atoms with E-state index in [0.29, 0.717) is 0 Å². The summed E-state index contributed by atoms with van der Waals surface area (Å²) in [7, 11) is 0. The molecule has 0 amide bonds. The first-order valence-corrected chi connectivity index (χ1v) is 17.4. The van der Waals surface area contributed by atoms with Gasteiger partial charge >= 0.3 is 11.5 Å². The Bertz CT molecular complexity index is 3010. The number of fused-ring (bicyclic) bond motifs is 9. The molecular formula is C45H27N5O+2. The average molecular weight is 654 g/mol. The van der Waals surface area contributed by atoms with Crippen LogP contribution in [0, 0.1) is 0 Å². The van der Waals surface area contributed by atoms with Crippen molar-refractivity contribution in [1.82, 2.24) is 9.25 Å². The second-order valence-electron chi connectivity index (χ2n) is 13.9. The van der Waals surface area contributed by atoms with Gasteiger partial charge in [-0.15, -0.1) is 4.68 Å². The highest BCUT2D eigenvalue weighted by Gasteiger charge is 2.70. The van der Waals surface area contributed by atoms with E-state index >= 15 is 0 Å². The van der Waals surface area contributed by atoms with Gasteiger partial charge in [0.1, 0.15) is 16.8 Å². The molecule has 0 fully saturated rings. The first kappa shape index (κ1) is 26.0. The molecule has 3 aromatic heterocycles. The zero-order valence-corrected chi connectivity index (χ0v) is 27.2. The van der Waals surface area contributed by atoms with E-state index < -0.39 is 5.66 Å². The van der Waals surface area contributed by atoms with Gasteiger partial charge in [0.25, 0.3) is 0 Å². The van der Waals surface area contributed by atoms with Gasteiger partial charge in [-0.1, -0.05) is 95.7 Å². The van der Waals surface area contributed by atoms with Gasteiger partial charge in [0, 0.05) is 10.8 Å². The predicted molar refractivity (Wildman–Crippen MR) is 198 cm³/mol. The molecule has 0 bridgehead atoms. The topological polar surface area (TPSA) is 30.1 Å². The predicted octanol–water partition coefficient (Wildman–Crippen LogP) is 9.30. The van der Waals surface area contributed by atoms with Gasteiger partial charge in [-0.3, -0.25) is 0 Å². The van der Waals surface area contributed by atoms with Crippen molar-refractivity contribution in [1.29, 1.82) is 0 Å². The SMILES string of the molecule is c1ccc(-c2ccc(-c3cn4[n+](c3)C35c6c(cccc6-n6c7ccccc7c7ccc-4c3c76)N3c4ccccc4Oc4ccc[n+]5c43)cc2)cc1. The maximum Gasteiger partial charge on any atom is 0.394 e. The van der Waals surface area contributed by atoms with Crippen LogP contribution in [0.25, 0.3) is 55.4 Å². The lowest BCUT2D eigenvalue weighted by atomic mass is 9.82. The molecular weight excluding hydrogens is 627 g/mol. The van der Waals surface area contributed by atoms with Crippen LogP contribution in [0.5, 0.6) is 11.5 Å². The molecule has 0 N–H and O–H groups in total. The van der Waals surface area contributed by atoms with Crippen LogP contribution in [0.15, 0.2) is 164 Å². The molecule has 51 heavy (non-hydrogen) atoms. The molecule has 6 heteroatoms. The lowest BCUT2D eigenvalue weighted by molar-refractivity contribution is -0.991. The minimum absolute atomic E-state index is 0.731. The average Bonchev–Trinajstić information content (AvgIpc) is 3.86. The molecule has 0 saturated carbocycles. The van der Waals surface area contributed by atoms with E-state index in [2.05, 4.69) is 182 Å². The van der Waals surface area contributed by atoms with Crippen LogP contribution in [0.1, 0.15) is 11.1 Å². The number of para-hydroxylation sites is 3. The summed E-state index contributed by atoms with van der Waals surface area (Å²) >= 11 is 0. The second kappa shape index (κ2) is 8.80. The Morgan fingerprint density at radius 1 is 0.510 bits per heavy atom. The highest BCUT2D eigenvalue weighted by Crippen LogP contribution is 2.59. The minimum atomic E-state index is -0.731. The Kier molecular flexibility index (Phi) is 4.49. The van der Waals surface area contributed by atoms with Crippen molar-refractivity contribution in [3.05, 3.63) is 175 Å². The van der Waals surface area contributed by atoms with Crippen LogP contribution in [0.2, 0.25) is 0 Å². The fraction of sp³-hybridized carbons (Fsp3) is 0.0222. The quantitative estimate of drug-likeness (QED) is 0.174. The Morgan fingerprint density at radius 3 is 2.14 bits per heavy atom. The molecule has 13 rings (SSSR count). The van der Waals surface area contributed by atoms with E-state index in [0.717, 1.165) is 34.3 Å². The first-order valence-electron chi connectivity index (χ1n) is 17.4. The van der Waals surface area contributed by atoms with Crippen LogP contribution < -0.4 is 18.9 Å². The molecule has 6 nitrogen and oxygen atoms in total. The number of hydrogen-bond donors (Lipinski definition) is 0. The number of pyridine rings is 1. The number of ether oxygens (including phenoxy) is 1. The molecule has 0 aliphatic carbocycles. The summed E-state index contributed by atoms with van der Waals surface area (Å²) in [6.45, 7) is 0. The first-order chi connectivity index (χ1) is 25.3. The third-order valence-electron chi connectivity index (χ3n) is 11.5. The summed E-state index contributed by atoms with van der Waals surface area (Å²) in [5.41, 5.74) is 13.6. The van der Waals surface area contributed by atoms with Crippen LogP contribution >= 0.6 is 0 Å². The van der Waals surface area contributed by atoms with Gasteiger partial charge < -0.3 is 9.30 Å². The fourth-order valence-electron chi connectivity index (χ4n) is 9.53. The molecule has 236 valence electrons. The molecule has 7 heterocycles. The molecule has 0 radical (unpaired) electrons. The van der Waals surface area contributed by atoms with Crippen molar-refractivity contribution in [3.8, 4) is 45.1 Å². The Labute approximate surface area is 292 Å². The van der Waals surface area contributed by atoms with Gasteiger partial charge in [-0.2, -0.15) is 9.47 Å². The van der Waals surface area contributed by atoms with Crippen molar-refractivity contribution in [2.45, 2.75) is 5.66 Å². The Hall–Kier alpha value is -6.92. The van der Waals surface area contributed by atoms with Gasteiger partial charge in [-0.05, 0) is 71.3 Å². The summed E-state index contributed by atoms with van der Waals surface area (Å²) in [6.07, 6.45) is 6.90. The van der Waals surface area contributed by atoms with Gasteiger partial charge in [0.15, 0.2) is 17.1 Å². The van der Waals surface area contributed by atoms with Crippen molar-refractivity contribution in [3.63, 3.8) is 0 Å².